The molecule has 1 fully saturated rings. The van der Waals surface area contributed by atoms with Gasteiger partial charge in [-0.2, -0.15) is 5.10 Å². The lowest BCUT2D eigenvalue weighted by Crippen LogP contribution is -2.33. The number of benzene rings is 2. The minimum atomic E-state index is -0.401. The number of aryl methyl sites for hydroxylation is 1. The van der Waals surface area contributed by atoms with Crippen LogP contribution in [-0.4, -0.2) is 35.2 Å². The fourth-order valence-electron chi connectivity index (χ4n) is 4.04. The number of rotatable bonds is 6. The average Bonchev–Trinajstić information content (AvgIpc) is 3.32. The van der Waals surface area contributed by atoms with Gasteiger partial charge >= 0.3 is 0 Å². The zero-order valence-corrected chi connectivity index (χ0v) is 18.0. The Morgan fingerprint density at radius 2 is 1.84 bits per heavy atom. The third kappa shape index (κ3) is 4.03. The normalized spacial score (nSPS) is 15.9. The average molecular weight is 418 g/mol. The van der Waals surface area contributed by atoms with Crippen molar-refractivity contribution in [3.05, 3.63) is 71.5 Å². The van der Waals surface area contributed by atoms with Crippen molar-refractivity contribution >= 4 is 17.5 Å². The third-order valence-corrected chi connectivity index (χ3v) is 5.75. The fraction of sp³-hybridized carbons (Fsp3) is 0.292. The number of nitrogens with one attached hydrogen (secondary N) is 1. The topological polar surface area (TPSA) is 76.5 Å². The van der Waals surface area contributed by atoms with Crippen LogP contribution in [0.4, 0.5) is 5.69 Å². The Labute approximate surface area is 181 Å². The van der Waals surface area contributed by atoms with E-state index < -0.39 is 5.92 Å². The van der Waals surface area contributed by atoms with Crippen LogP contribution >= 0.6 is 0 Å². The molecule has 7 nitrogen and oxygen atoms in total. The first-order valence-corrected chi connectivity index (χ1v) is 10.3. The molecule has 1 saturated heterocycles. The van der Waals surface area contributed by atoms with Gasteiger partial charge in [0.05, 0.1) is 30.1 Å². The monoisotopic (exact) mass is 418 g/mol. The van der Waals surface area contributed by atoms with Crippen molar-refractivity contribution in [3.63, 3.8) is 0 Å². The number of hydrogen-bond donors (Lipinski definition) is 1. The molecule has 0 spiro atoms. The van der Waals surface area contributed by atoms with Gasteiger partial charge in [0.25, 0.3) is 0 Å². The molecule has 4 rings (SSSR count). The highest BCUT2D eigenvalue weighted by Crippen LogP contribution is 2.32. The molecule has 0 bridgehead atoms. The second-order valence-corrected chi connectivity index (χ2v) is 7.69. The van der Waals surface area contributed by atoms with Gasteiger partial charge in [-0.05, 0) is 38.1 Å². The molecule has 0 radical (unpaired) electrons. The van der Waals surface area contributed by atoms with Crippen LogP contribution in [0.2, 0.25) is 0 Å². The van der Waals surface area contributed by atoms with Crippen LogP contribution < -0.4 is 15.0 Å². The Bertz CT molecular complexity index is 1110. The molecule has 0 saturated carbocycles. The van der Waals surface area contributed by atoms with Gasteiger partial charge in [0.1, 0.15) is 5.75 Å². The molecule has 1 N–H and O–H groups in total. The summed E-state index contributed by atoms with van der Waals surface area (Å²) in [7, 11) is 1.57. The molecule has 1 aliphatic heterocycles. The fourth-order valence-corrected chi connectivity index (χ4v) is 4.04. The molecule has 1 aliphatic rings. The Balaban J connectivity index is 1.44. The van der Waals surface area contributed by atoms with Gasteiger partial charge in [-0.1, -0.05) is 30.3 Å². The van der Waals surface area contributed by atoms with E-state index in [1.807, 2.05) is 73.1 Å². The van der Waals surface area contributed by atoms with Crippen LogP contribution in [0.3, 0.4) is 0 Å². The van der Waals surface area contributed by atoms with Crippen LogP contribution in [0.1, 0.15) is 23.4 Å². The van der Waals surface area contributed by atoms with Crippen molar-refractivity contribution in [2.24, 2.45) is 5.92 Å². The molecule has 31 heavy (non-hydrogen) atoms. The van der Waals surface area contributed by atoms with Gasteiger partial charge in [-0.3, -0.25) is 9.59 Å². The van der Waals surface area contributed by atoms with E-state index in [2.05, 4.69) is 10.4 Å². The van der Waals surface area contributed by atoms with Gasteiger partial charge in [0, 0.05) is 30.8 Å². The van der Waals surface area contributed by atoms with Gasteiger partial charge in [-0.25, -0.2) is 4.68 Å². The van der Waals surface area contributed by atoms with Crippen LogP contribution in [-0.2, 0) is 16.1 Å². The molecule has 2 amide bonds. The van der Waals surface area contributed by atoms with E-state index in [1.165, 1.54) is 0 Å². The second kappa shape index (κ2) is 8.63. The summed E-state index contributed by atoms with van der Waals surface area (Å²) in [6, 6.07) is 17.3. The minimum absolute atomic E-state index is 0.0751. The lowest BCUT2D eigenvalue weighted by atomic mass is 10.1. The number of carbonyl (C=O) groups is 2. The summed E-state index contributed by atoms with van der Waals surface area (Å²) in [5.74, 6) is 0.0181. The van der Waals surface area contributed by atoms with E-state index in [4.69, 9.17) is 4.74 Å². The van der Waals surface area contributed by atoms with E-state index in [9.17, 15) is 9.59 Å². The molecule has 0 aliphatic carbocycles. The maximum atomic E-state index is 12.8. The number of para-hydroxylation sites is 3. The van der Waals surface area contributed by atoms with Crippen molar-refractivity contribution in [3.8, 4) is 11.4 Å². The minimum Gasteiger partial charge on any atom is -0.495 e. The van der Waals surface area contributed by atoms with E-state index in [0.717, 1.165) is 22.6 Å². The highest BCUT2D eigenvalue weighted by molar-refractivity contribution is 6.01. The van der Waals surface area contributed by atoms with Gasteiger partial charge in [0.15, 0.2) is 0 Å². The number of methoxy groups -OCH3 is 1. The predicted molar refractivity (Wildman–Crippen MR) is 118 cm³/mol. The highest BCUT2D eigenvalue weighted by atomic mass is 16.5. The van der Waals surface area contributed by atoms with Crippen molar-refractivity contribution in [2.45, 2.75) is 26.8 Å². The lowest BCUT2D eigenvalue weighted by Gasteiger charge is -2.19. The van der Waals surface area contributed by atoms with E-state index in [-0.39, 0.29) is 18.2 Å². The summed E-state index contributed by atoms with van der Waals surface area (Å²) in [6.45, 7) is 4.66. The van der Waals surface area contributed by atoms with Gasteiger partial charge < -0.3 is 15.0 Å². The smallest absolute Gasteiger partial charge is 0.227 e. The number of carbonyl (C=O) groups excluding carboxylic acids is 2. The zero-order chi connectivity index (χ0) is 22.0. The maximum absolute atomic E-state index is 12.8. The molecule has 7 heteroatoms. The number of aromatic nitrogens is 2. The van der Waals surface area contributed by atoms with Crippen molar-refractivity contribution in [2.75, 3.05) is 18.6 Å². The van der Waals surface area contributed by atoms with Gasteiger partial charge in [0.2, 0.25) is 11.8 Å². The van der Waals surface area contributed by atoms with Crippen LogP contribution in [0.5, 0.6) is 5.75 Å². The Morgan fingerprint density at radius 1 is 1.13 bits per heavy atom. The largest absolute Gasteiger partial charge is 0.495 e. The first-order valence-electron chi connectivity index (χ1n) is 10.3. The lowest BCUT2D eigenvalue weighted by molar-refractivity contribution is -0.126. The summed E-state index contributed by atoms with van der Waals surface area (Å²) < 4.78 is 7.26. The van der Waals surface area contributed by atoms with Crippen molar-refractivity contribution in [1.29, 1.82) is 0 Å². The number of nitrogens with zero attached hydrogens (tertiary/aromatic N) is 3. The number of anilines is 1. The Hall–Kier alpha value is -3.61. The molecule has 2 aromatic carbocycles. The molecule has 2 heterocycles. The number of amides is 2. The molecule has 160 valence electrons. The Kier molecular flexibility index (Phi) is 5.75. The predicted octanol–water partition coefficient (Wildman–Crippen LogP) is 3.17. The Morgan fingerprint density at radius 3 is 2.58 bits per heavy atom. The summed E-state index contributed by atoms with van der Waals surface area (Å²) in [5, 5.41) is 7.63. The summed E-state index contributed by atoms with van der Waals surface area (Å²) in [6.07, 6.45) is 0.186. The standard InChI is InChI=1S/C24H26N4O3/c1-16-20(17(2)28(26-16)19-9-5-4-6-10-19)14-25-24(30)18-13-23(29)27(15-18)21-11-7-8-12-22(21)31-3/h4-12,18H,13-15H2,1-3H3,(H,25,30). The molecule has 3 aromatic rings. The maximum Gasteiger partial charge on any atom is 0.227 e. The van der Waals surface area contributed by atoms with Crippen LogP contribution in [0.25, 0.3) is 5.69 Å². The van der Waals surface area contributed by atoms with Crippen molar-refractivity contribution < 1.29 is 14.3 Å². The first kappa shape index (κ1) is 20.7. The molecular formula is C24H26N4O3. The first-order chi connectivity index (χ1) is 15.0. The third-order valence-electron chi connectivity index (χ3n) is 5.75. The van der Waals surface area contributed by atoms with Crippen LogP contribution in [0.15, 0.2) is 54.6 Å². The zero-order valence-electron chi connectivity index (χ0n) is 18.0. The number of hydrogen-bond acceptors (Lipinski definition) is 4. The quantitative estimate of drug-likeness (QED) is 0.667. The van der Waals surface area contributed by atoms with E-state index >= 15 is 0 Å². The van der Waals surface area contributed by atoms with E-state index in [0.29, 0.717) is 24.5 Å². The van der Waals surface area contributed by atoms with E-state index in [1.54, 1.807) is 12.0 Å². The molecule has 1 unspecified atom stereocenters. The molecular weight excluding hydrogens is 392 g/mol. The summed E-state index contributed by atoms with van der Waals surface area (Å²) in [5.41, 5.74) is 4.53. The van der Waals surface area contributed by atoms with Crippen LogP contribution in [0, 0.1) is 19.8 Å². The summed E-state index contributed by atoms with van der Waals surface area (Å²) >= 11 is 0. The SMILES string of the molecule is COc1ccccc1N1CC(C(=O)NCc2c(C)nn(-c3ccccc3)c2C)CC1=O. The van der Waals surface area contributed by atoms with Crippen molar-refractivity contribution in [1.82, 2.24) is 15.1 Å². The highest BCUT2D eigenvalue weighted by Gasteiger charge is 2.36. The molecule has 1 atom stereocenters. The molecule has 1 aromatic heterocycles. The van der Waals surface area contributed by atoms with Gasteiger partial charge in [-0.15, -0.1) is 0 Å². The summed E-state index contributed by atoms with van der Waals surface area (Å²) in [4.78, 5) is 27.1. The number of ether oxygens (including phenoxy) is 1. The second-order valence-electron chi connectivity index (χ2n) is 7.69.